The molecule has 0 aliphatic rings. The van der Waals surface area contributed by atoms with Crippen molar-refractivity contribution in [2.75, 3.05) is 7.11 Å². The summed E-state index contributed by atoms with van der Waals surface area (Å²) in [7, 11) is 1.54. The third-order valence-electron chi connectivity index (χ3n) is 2.01. The Morgan fingerprint density at radius 2 is 2.00 bits per heavy atom. The van der Waals surface area contributed by atoms with Crippen LogP contribution >= 0.6 is 0 Å². The second kappa shape index (κ2) is 4.59. The van der Waals surface area contributed by atoms with Gasteiger partial charge in [-0.15, -0.1) is 6.42 Å². The van der Waals surface area contributed by atoms with Gasteiger partial charge in [0.15, 0.2) is 17.1 Å². The minimum Gasteiger partial charge on any atom is -0.493 e. The van der Waals surface area contributed by atoms with Gasteiger partial charge in [-0.1, -0.05) is 5.92 Å². The first-order chi connectivity index (χ1) is 7.52. The fraction of sp³-hybridized carbons (Fsp3) is 0.308. The van der Waals surface area contributed by atoms with Crippen LogP contribution < -0.4 is 9.47 Å². The Balaban J connectivity index is 3.12. The van der Waals surface area contributed by atoms with Crippen LogP contribution in [0, 0.1) is 23.7 Å². The smallest absolute Gasteiger partial charge is 0.164 e. The van der Waals surface area contributed by atoms with Crippen molar-refractivity contribution >= 4 is 0 Å². The molecule has 0 radical (unpaired) electrons. The fourth-order valence-electron chi connectivity index (χ4n) is 1.13. The summed E-state index contributed by atoms with van der Waals surface area (Å²) in [6.07, 6.45) is 5.34. The van der Waals surface area contributed by atoms with Gasteiger partial charge in [-0.25, -0.2) is 0 Å². The van der Waals surface area contributed by atoms with Gasteiger partial charge in [0.25, 0.3) is 0 Å². The summed E-state index contributed by atoms with van der Waals surface area (Å²) in [5.74, 6) is 3.55. The van der Waals surface area contributed by atoms with Crippen molar-refractivity contribution in [2.45, 2.75) is 19.4 Å². The zero-order chi connectivity index (χ0) is 12.2. The largest absolute Gasteiger partial charge is 0.493 e. The van der Waals surface area contributed by atoms with E-state index in [0.717, 1.165) is 0 Å². The summed E-state index contributed by atoms with van der Waals surface area (Å²) in [5.41, 5.74) is -0.231. The second-order valence-electron chi connectivity index (χ2n) is 3.73. The molecule has 16 heavy (non-hydrogen) atoms. The van der Waals surface area contributed by atoms with Crippen molar-refractivity contribution in [2.24, 2.45) is 0 Å². The van der Waals surface area contributed by atoms with E-state index < -0.39 is 5.60 Å². The second-order valence-corrected chi connectivity index (χ2v) is 3.73. The van der Waals surface area contributed by atoms with Crippen molar-refractivity contribution in [3.05, 3.63) is 23.8 Å². The molecule has 0 N–H and O–H groups in total. The van der Waals surface area contributed by atoms with E-state index in [2.05, 4.69) is 5.92 Å². The Kier molecular flexibility index (Phi) is 3.43. The molecule has 0 fully saturated rings. The highest BCUT2D eigenvalue weighted by Gasteiger charge is 2.18. The highest BCUT2D eigenvalue weighted by molar-refractivity contribution is 5.47. The van der Waals surface area contributed by atoms with E-state index in [9.17, 15) is 0 Å². The number of nitriles is 1. The van der Waals surface area contributed by atoms with E-state index in [1.165, 1.54) is 7.11 Å². The van der Waals surface area contributed by atoms with Crippen molar-refractivity contribution in [1.29, 1.82) is 5.26 Å². The van der Waals surface area contributed by atoms with Gasteiger partial charge < -0.3 is 9.47 Å². The van der Waals surface area contributed by atoms with Gasteiger partial charge in [0, 0.05) is 6.07 Å². The summed E-state index contributed by atoms with van der Waals surface area (Å²) in [6.45, 7) is 3.54. The first kappa shape index (κ1) is 11.9. The number of ether oxygens (including phenoxy) is 2. The van der Waals surface area contributed by atoms with Crippen LogP contribution in [0.3, 0.4) is 0 Å². The van der Waals surface area contributed by atoms with E-state index in [1.54, 1.807) is 32.0 Å². The Morgan fingerprint density at radius 1 is 1.31 bits per heavy atom. The molecule has 82 valence electrons. The summed E-state index contributed by atoms with van der Waals surface area (Å²) < 4.78 is 10.7. The third kappa shape index (κ3) is 2.68. The van der Waals surface area contributed by atoms with Gasteiger partial charge in [-0.3, -0.25) is 0 Å². The Morgan fingerprint density at radius 3 is 2.50 bits per heavy atom. The molecule has 0 heterocycles. The van der Waals surface area contributed by atoms with Crippen molar-refractivity contribution < 1.29 is 9.47 Å². The Labute approximate surface area is 95.6 Å². The maximum atomic E-state index is 8.79. The number of hydrogen-bond acceptors (Lipinski definition) is 3. The number of benzene rings is 1. The molecular weight excluding hydrogens is 202 g/mol. The first-order valence-electron chi connectivity index (χ1n) is 4.77. The van der Waals surface area contributed by atoms with Gasteiger partial charge >= 0.3 is 0 Å². The number of rotatable bonds is 3. The van der Waals surface area contributed by atoms with Crippen LogP contribution in [0.5, 0.6) is 11.5 Å². The van der Waals surface area contributed by atoms with Gasteiger partial charge in [0.1, 0.15) is 0 Å². The molecule has 0 saturated heterocycles. The van der Waals surface area contributed by atoms with Crippen molar-refractivity contribution in [3.8, 4) is 29.9 Å². The molecule has 0 amide bonds. The van der Waals surface area contributed by atoms with E-state index in [-0.39, 0.29) is 0 Å². The fourth-order valence-corrected chi connectivity index (χ4v) is 1.13. The van der Waals surface area contributed by atoms with Crippen LogP contribution in [0.4, 0.5) is 0 Å². The monoisotopic (exact) mass is 215 g/mol. The normalized spacial score (nSPS) is 10.1. The number of methoxy groups -OCH3 is 1. The molecule has 1 aromatic rings. The first-order valence-corrected chi connectivity index (χ1v) is 4.77. The molecule has 3 heteroatoms. The number of nitrogens with zero attached hydrogens (tertiary/aromatic N) is 1. The van der Waals surface area contributed by atoms with Crippen LogP contribution in [0.1, 0.15) is 19.4 Å². The minimum absolute atomic E-state index is 0.476. The molecule has 1 aromatic carbocycles. The SMILES string of the molecule is C#CC(C)(C)Oc1cc(C#N)ccc1OC. The maximum absolute atomic E-state index is 8.79. The average molecular weight is 215 g/mol. The molecule has 0 bridgehead atoms. The van der Waals surface area contributed by atoms with Crippen LogP contribution in [-0.4, -0.2) is 12.7 Å². The molecule has 0 unspecified atom stereocenters. The van der Waals surface area contributed by atoms with Gasteiger partial charge in [-0.2, -0.15) is 5.26 Å². The van der Waals surface area contributed by atoms with E-state index >= 15 is 0 Å². The molecule has 0 aliphatic carbocycles. The molecule has 3 nitrogen and oxygen atoms in total. The molecule has 0 aliphatic heterocycles. The standard InChI is InChI=1S/C13H13NO2/c1-5-13(2,3)16-12-8-10(9-14)6-7-11(12)15-4/h1,6-8H,2-4H3. The zero-order valence-electron chi connectivity index (χ0n) is 9.57. The lowest BCUT2D eigenvalue weighted by molar-refractivity contribution is 0.165. The van der Waals surface area contributed by atoms with Crippen LogP contribution in [0.25, 0.3) is 0 Å². The highest BCUT2D eigenvalue weighted by atomic mass is 16.5. The number of terminal acetylenes is 1. The Hall–Kier alpha value is -2.13. The predicted molar refractivity (Wildman–Crippen MR) is 61.2 cm³/mol. The summed E-state index contributed by atoms with van der Waals surface area (Å²) in [5, 5.41) is 8.79. The molecule has 0 spiro atoms. The molecule has 0 atom stereocenters. The lowest BCUT2D eigenvalue weighted by Gasteiger charge is -2.21. The lowest BCUT2D eigenvalue weighted by atomic mass is 10.1. The highest BCUT2D eigenvalue weighted by Crippen LogP contribution is 2.30. The van der Waals surface area contributed by atoms with Crippen LogP contribution in [-0.2, 0) is 0 Å². The minimum atomic E-state index is -0.735. The molecule has 1 rings (SSSR count). The predicted octanol–water partition coefficient (Wildman–Crippen LogP) is 2.36. The number of hydrogen-bond donors (Lipinski definition) is 0. The van der Waals surface area contributed by atoms with E-state index in [0.29, 0.717) is 17.1 Å². The van der Waals surface area contributed by atoms with Gasteiger partial charge in [-0.05, 0) is 26.0 Å². The average Bonchev–Trinajstić information content (AvgIpc) is 2.28. The molecule has 0 aromatic heterocycles. The van der Waals surface area contributed by atoms with Gasteiger partial charge in [0.2, 0.25) is 0 Å². The van der Waals surface area contributed by atoms with Gasteiger partial charge in [0.05, 0.1) is 18.7 Å². The Bertz CT molecular complexity index is 464. The zero-order valence-corrected chi connectivity index (χ0v) is 9.57. The van der Waals surface area contributed by atoms with Crippen molar-refractivity contribution in [1.82, 2.24) is 0 Å². The maximum Gasteiger partial charge on any atom is 0.164 e. The van der Waals surface area contributed by atoms with E-state index in [1.807, 2.05) is 6.07 Å². The summed E-state index contributed by atoms with van der Waals surface area (Å²) >= 11 is 0. The van der Waals surface area contributed by atoms with Crippen LogP contribution in [0.2, 0.25) is 0 Å². The molecular formula is C13H13NO2. The third-order valence-corrected chi connectivity index (χ3v) is 2.01. The topological polar surface area (TPSA) is 42.2 Å². The summed E-state index contributed by atoms with van der Waals surface area (Å²) in [6, 6.07) is 6.99. The molecule has 0 saturated carbocycles. The van der Waals surface area contributed by atoms with Crippen molar-refractivity contribution in [3.63, 3.8) is 0 Å². The lowest BCUT2D eigenvalue weighted by Crippen LogP contribution is -2.25. The van der Waals surface area contributed by atoms with E-state index in [4.69, 9.17) is 21.2 Å². The summed E-state index contributed by atoms with van der Waals surface area (Å²) in [4.78, 5) is 0. The quantitative estimate of drug-likeness (QED) is 0.727. The van der Waals surface area contributed by atoms with Crippen LogP contribution in [0.15, 0.2) is 18.2 Å².